The third-order valence-electron chi connectivity index (χ3n) is 2.96. The van der Waals surface area contributed by atoms with Crippen molar-refractivity contribution in [1.82, 2.24) is 9.88 Å². The molecule has 0 aliphatic heterocycles. The van der Waals surface area contributed by atoms with E-state index in [-0.39, 0.29) is 11.9 Å². The maximum absolute atomic E-state index is 12.8. The Kier molecular flexibility index (Phi) is 4.65. The lowest BCUT2D eigenvalue weighted by molar-refractivity contribution is 0.283. The van der Waals surface area contributed by atoms with Crippen LogP contribution in [0.4, 0.5) is 4.39 Å². The second-order valence-corrected chi connectivity index (χ2v) is 4.61. The van der Waals surface area contributed by atoms with Crippen molar-refractivity contribution in [2.24, 2.45) is 5.73 Å². The molecule has 0 aliphatic carbocycles. The molecule has 0 spiro atoms. The molecule has 2 N–H and O–H groups in total. The van der Waals surface area contributed by atoms with Crippen LogP contribution < -0.4 is 5.73 Å². The molecule has 2 aromatic rings. The molecule has 0 amide bonds. The zero-order valence-corrected chi connectivity index (χ0v) is 10.9. The van der Waals surface area contributed by atoms with Crippen molar-refractivity contribution in [3.8, 4) is 0 Å². The van der Waals surface area contributed by atoms with Gasteiger partial charge in [0.1, 0.15) is 11.6 Å². The molecule has 102 valence electrons. The van der Waals surface area contributed by atoms with Crippen LogP contribution >= 0.6 is 0 Å². The first-order chi connectivity index (χ1) is 9.15. The number of halogens is 1. The predicted molar refractivity (Wildman–Crippen MR) is 70.8 cm³/mol. The van der Waals surface area contributed by atoms with Crippen LogP contribution in [0.5, 0.6) is 0 Å². The molecule has 1 unspecified atom stereocenters. The summed E-state index contributed by atoms with van der Waals surface area (Å²) in [6, 6.07) is 6.65. The summed E-state index contributed by atoms with van der Waals surface area (Å²) in [5, 5.41) is 0. The highest BCUT2D eigenvalue weighted by atomic mass is 19.1. The van der Waals surface area contributed by atoms with Crippen LogP contribution in [0.2, 0.25) is 0 Å². The van der Waals surface area contributed by atoms with Gasteiger partial charge in [-0.05, 0) is 37.7 Å². The molecule has 1 atom stereocenters. The van der Waals surface area contributed by atoms with E-state index in [1.54, 1.807) is 12.3 Å². The third-order valence-corrected chi connectivity index (χ3v) is 2.96. The number of hydrogen-bond acceptors (Lipinski definition) is 4. The van der Waals surface area contributed by atoms with Crippen LogP contribution in [0, 0.1) is 5.82 Å². The van der Waals surface area contributed by atoms with Gasteiger partial charge in [-0.1, -0.05) is 0 Å². The van der Waals surface area contributed by atoms with Gasteiger partial charge < -0.3 is 10.2 Å². The Morgan fingerprint density at radius 3 is 2.89 bits per heavy atom. The van der Waals surface area contributed by atoms with Crippen molar-refractivity contribution in [1.29, 1.82) is 0 Å². The molecule has 0 fully saturated rings. The zero-order valence-electron chi connectivity index (χ0n) is 10.9. The monoisotopic (exact) mass is 263 g/mol. The number of hydrogen-bond donors (Lipinski definition) is 1. The Bertz CT molecular complexity index is 484. The minimum absolute atomic E-state index is 0.181. The van der Waals surface area contributed by atoms with Crippen LogP contribution in [0.3, 0.4) is 0 Å². The molecular weight excluding hydrogens is 245 g/mol. The van der Waals surface area contributed by atoms with Crippen LogP contribution in [0.25, 0.3) is 0 Å². The standard InChI is InChI=1S/C14H18FN3O/c1-18(10-12-3-2-8-19-12)7-6-13(16)14-5-4-11(15)9-17-14/h2-5,8-9,13H,6-7,10,16H2,1H3. The van der Waals surface area contributed by atoms with Gasteiger partial charge in [0.2, 0.25) is 0 Å². The zero-order chi connectivity index (χ0) is 13.7. The number of nitrogens with two attached hydrogens (primary N) is 1. The summed E-state index contributed by atoms with van der Waals surface area (Å²) >= 11 is 0. The quantitative estimate of drug-likeness (QED) is 0.869. The van der Waals surface area contributed by atoms with Gasteiger partial charge in [0, 0.05) is 12.6 Å². The number of nitrogens with zero attached hydrogens (tertiary/aromatic N) is 2. The number of furan rings is 1. The van der Waals surface area contributed by atoms with Crippen LogP contribution in [-0.4, -0.2) is 23.5 Å². The molecule has 2 heterocycles. The first-order valence-corrected chi connectivity index (χ1v) is 6.23. The number of aromatic nitrogens is 1. The largest absolute Gasteiger partial charge is 0.468 e. The highest BCUT2D eigenvalue weighted by Crippen LogP contribution is 2.13. The second kappa shape index (κ2) is 6.45. The fourth-order valence-corrected chi connectivity index (χ4v) is 1.86. The highest BCUT2D eigenvalue weighted by Gasteiger charge is 2.10. The maximum atomic E-state index is 12.8. The van der Waals surface area contributed by atoms with Gasteiger partial charge in [-0.25, -0.2) is 4.39 Å². The van der Waals surface area contributed by atoms with Crippen molar-refractivity contribution in [2.75, 3.05) is 13.6 Å². The van der Waals surface area contributed by atoms with Gasteiger partial charge in [0.25, 0.3) is 0 Å². The maximum Gasteiger partial charge on any atom is 0.141 e. The van der Waals surface area contributed by atoms with Crippen molar-refractivity contribution < 1.29 is 8.81 Å². The van der Waals surface area contributed by atoms with Gasteiger partial charge in [-0.3, -0.25) is 9.88 Å². The summed E-state index contributed by atoms with van der Waals surface area (Å²) < 4.78 is 18.0. The smallest absolute Gasteiger partial charge is 0.141 e. The summed E-state index contributed by atoms with van der Waals surface area (Å²) in [5.74, 6) is 0.585. The van der Waals surface area contributed by atoms with Gasteiger partial charge >= 0.3 is 0 Å². The second-order valence-electron chi connectivity index (χ2n) is 4.61. The molecule has 5 heteroatoms. The van der Waals surface area contributed by atoms with Gasteiger partial charge in [0.15, 0.2) is 0 Å². The Morgan fingerprint density at radius 2 is 2.26 bits per heavy atom. The van der Waals surface area contributed by atoms with E-state index in [4.69, 9.17) is 10.2 Å². The van der Waals surface area contributed by atoms with E-state index >= 15 is 0 Å². The Hall–Kier alpha value is -1.72. The normalized spacial score (nSPS) is 12.8. The van der Waals surface area contributed by atoms with E-state index in [0.717, 1.165) is 25.3 Å². The summed E-state index contributed by atoms with van der Waals surface area (Å²) in [7, 11) is 2.01. The fourth-order valence-electron chi connectivity index (χ4n) is 1.86. The van der Waals surface area contributed by atoms with Crippen molar-refractivity contribution >= 4 is 0 Å². The topological polar surface area (TPSA) is 55.3 Å². The van der Waals surface area contributed by atoms with E-state index in [9.17, 15) is 4.39 Å². The first kappa shape index (κ1) is 13.7. The highest BCUT2D eigenvalue weighted by molar-refractivity contribution is 5.09. The van der Waals surface area contributed by atoms with Crippen molar-refractivity contribution in [3.05, 3.63) is 54.0 Å². The van der Waals surface area contributed by atoms with E-state index in [1.165, 1.54) is 12.3 Å². The van der Waals surface area contributed by atoms with Crippen LogP contribution in [0.15, 0.2) is 41.1 Å². The van der Waals surface area contributed by atoms with Crippen molar-refractivity contribution in [2.45, 2.75) is 19.0 Å². The Labute approximate surface area is 112 Å². The molecular formula is C14H18FN3O. The molecule has 0 saturated heterocycles. The molecule has 0 saturated carbocycles. The van der Waals surface area contributed by atoms with E-state index < -0.39 is 0 Å². The summed E-state index contributed by atoms with van der Waals surface area (Å²) in [4.78, 5) is 6.12. The van der Waals surface area contributed by atoms with Gasteiger partial charge in [-0.2, -0.15) is 0 Å². The van der Waals surface area contributed by atoms with Gasteiger partial charge in [-0.15, -0.1) is 0 Å². The van der Waals surface area contributed by atoms with Crippen LogP contribution in [-0.2, 0) is 6.54 Å². The molecule has 0 aliphatic rings. The minimum Gasteiger partial charge on any atom is -0.468 e. The third kappa shape index (κ3) is 4.15. The SMILES string of the molecule is CN(CCC(N)c1ccc(F)cn1)Cc1ccco1. The lowest BCUT2D eigenvalue weighted by Gasteiger charge is -2.18. The molecule has 0 aromatic carbocycles. The Balaban J connectivity index is 1.79. The van der Waals surface area contributed by atoms with E-state index in [0.29, 0.717) is 5.69 Å². The molecule has 19 heavy (non-hydrogen) atoms. The molecule has 2 aromatic heterocycles. The van der Waals surface area contributed by atoms with Gasteiger partial charge in [0.05, 0.1) is 24.7 Å². The minimum atomic E-state index is -0.342. The van der Waals surface area contributed by atoms with Crippen molar-refractivity contribution in [3.63, 3.8) is 0 Å². The lowest BCUT2D eigenvalue weighted by atomic mass is 10.1. The summed E-state index contributed by atoms with van der Waals surface area (Å²) in [6.45, 7) is 1.57. The molecule has 4 nitrogen and oxygen atoms in total. The Morgan fingerprint density at radius 1 is 1.42 bits per heavy atom. The number of rotatable bonds is 6. The van der Waals surface area contributed by atoms with Crippen LogP contribution in [0.1, 0.15) is 23.9 Å². The summed E-state index contributed by atoms with van der Waals surface area (Å²) in [5.41, 5.74) is 6.75. The van der Waals surface area contributed by atoms with E-state index in [2.05, 4.69) is 9.88 Å². The molecule has 2 rings (SSSR count). The average molecular weight is 263 g/mol. The summed E-state index contributed by atoms with van der Waals surface area (Å²) in [6.07, 6.45) is 3.62. The average Bonchev–Trinajstić information content (AvgIpc) is 2.89. The molecule has 0 radical (unpaired) electrons. The number of pyridine rings is 1. The lowest BCUT2D eigenvalue weighted by Crippen LogP contribution is -2.23. The first-order valence-electron chi connectivity index (χ1n) is 6.23. The van der Waals surface area contributed by atoms with E-state index in [1.807, 2.05) is 19.2 Å². The molecule has 0 bridgehead atoms. The predicted octanol–water partition coefficient (Wildman–Crippen LogP) is 2.34. The fraction of sp³-hybridized carbons (Fsp3) is 0.357.